The fraction of sp³-hybridized carbons (Fsp3) is 0.455. The quantitative estimate of drug-likeness (QED) is 0.557. The van der Waals surface area contributed by atoms with Gasteiger partial charge in [-0.25, -0.2) is 9.97 Å². The topological polar surface area (TPSA) is 51.3 Å². The van der Waals surface area contributed by atoms with Crippen LogP contribution >= 0.6 is 22.6 Å². The van der Waals surface area contributed by atoms with Crippen LogP contribution in [-0.4, -0.2) is 77.1 Å². The third-order valence-electron chi connectivity index (χ3n) is 6.38. The lowest BCUT2D eigenvalue weighted by Gasteiger charge is -2.42. The Morgan fingerprint density at radius 1 is 1.00 bits per heavy atom. The minimum absolute atomic E-state index is 0.778. The van der Waals surface area contributed by atoms with E-state index in [4.69, 9.17) is 4.98 Å². The van der Waals surface area contributed by atoms with Gasteiger partial charge in [-0.15, -0.1) is 0 Å². The number of piperidine rings is 1. The summed E-state index contributed by atoms with van der Waals surface area (Å²) in [5.41, 5.74) is 5.13. The molecule has 2 saturated heterocycles. The van der Waals surface area contributed by atoms with Gasteiger partial charge in [-0.05, 0) is 67.7 Å². The normalized spacial score (nSPS) is 19.9. The zero-order valence-corrected chi connectivity index (χ0v) is 19.0. The summed E-state index contributed by atoms with van der Waals surface area (Å²) in [4.78, 5) is 20.1. The number of hydrogen-bond donors (Lipinski definition) is 1. The molecule has 5 rings (SSSR count). The van der Waals surface area contributed by atoms with Gasteiger partial charge in [-0.2, -0.15) is 0 Å². The molecule has 0 bridgehead atoms. The fourth-order valence-corrected chi connectivity index (χ4v) is 5.08. The number of H-pyrrole nitrogens is 1. The Morgan fingerprint density at radius 3 is 2.45 bits per heavy atom. The van der Waals surface area contributed by atoms with Crippen molar-refractivity contribution >= 4 is 39.4 Å². The number of nitrogens with one attached hydrogen (secondary N) is 1. The highest BCUT2D eigenvalue weighted by Gasteiger charge is 2.26. The molecule has 2 aliphatic rings. The van der Waals surface area contributed by atoms with Crippen molar-refractivity contribution in [1.29, 1.82) is 0 Å². The molecule has 1 N–H and O–H groups in total. The van der Waals surface area contributed by atoms with Crippen molar-refractivity contribution in [2.75, 3.05) is 51.2 Å². The molecule has 0 saturated carbocycles. The summed E-state index contributed by atoms with van der Waals surface area (Å²) in [6.07, 6.45) is 6.43. The second kappa shape index (κ2) is 8.20. The van der Waals surface area contributed by atoms with Crippen molar-refractivity contribution < 1.29 is 0 Å². The van der Waals surface area contributed by atoms with Gasteiger partial charge < -0.3 is 14.8 Å². The number of rotatable bonds is 3. The zero-order valence-electron chi connectivity index (χ0n) is 16.8. The van der Waals surface area contributed by atoms with Crippen molar-refractivity contribution in [3.63, 3.8) is 0 Å². The fourth-order valence-electron chi connectivity index (χ4n) is 4.55. The molecule has 2 fully saturated rings. The average molecular weight is 502 g/mol. The molecule has 3 aromatic rings. The molecule has 0 unspecified atom stereocenters. The monoisotopic (exact) mass is 502 g/mol. The lowest BCUT2D eigenvalue weighted by atomic mass is 10.0. The third kappa shape index (κ3) is 4.00. The number of aromatic amines is 1. The molecule has 7 heteroatoms. The van der Waals surface area contributed by atoms with Crippen LogP contribution in [0.3, 0.4) is 0 Å². The second-order valence-corrected chi connectivity index (χ2v) is 9.36. The largest absolute Gasteiger partial charge is 0.369 e. The van der Waals surface area contributed by atoms with Crippen molar-refractivity contribution in [1.82, 2.24) is 24.8 Å². The maximum absolute atomic E-state index is 4.79. The first kappa shape index (κ1) is 19.3. The molecule has 0 atom stereocenters. The number of hydrogen-bond acceptors (Lipinski definition) is 5. The summed E-state index contributed by atoms with van der Waals surface area (Å²) >= 11 is 2.30. The summed E-state index contributed by atoms with van der Waals surface area (Å²) in [5, 5.41) is 0. The number of nitrogens with zero attached hydrogens (tertiary/aromatic N) is 5. The number of anilines is 1. The van der Waals surface area contributed by atoms with E-state index < -0.39 is 0 Å². The molecule has 1 aromatic carbocycles. The van der Waals surface area contributed by atoms with Crippen LogP contribution in [0.2, 0.25) is 0 Å². The maximum Gasteiger partial charge on any atom is 0.157 e. The Labute approximate surface area is 185 Å². The Kier molecular flexibility index (Phi) is 5.45. The van der Waals surface area contributed by atoms with Crippen LogP contribution in [0.4, 0.5) is 5.69 Å². The Morgan fingerprint density at radius 2 is 1.72 bits per heavy atom. The van der Waals surface area contributed by atoms with Gasteiger partial charge in [0.25, 0.3) is 0 Å². The van der Waals surface area contributed by atoms with Crippen molar-refractivity contribution in [3.8, 4) is 11.3 Å². The smallest absolute Gasteiger partial charge is 0.157 e. The number of likely N-dealkylation sites (tertiary alicyclic amines) is 1. The Balaban J connectivity index is 1.24. The molecule has 0 aliphatic carbocycles. The van der Waals surface area contributed by atoms with Crippen LogP contribution in [0.5, 0.6) is 0 Å². The van der Waals surface area contributed by atoms with E-state index in [0.717, 1.165) is 45.1 Å². The van der Waals surface area contributed by atoms with Gasteiger partial charge in [0.1, 0.15) is 5.52 Å². The summed E-state index contributed by atoms with van der Waals surface area (Å²) < 4.78 is 1.10. The predicted molar refractivity (Wildman–Crippen MR) is 126 cm³/mol. The highest BCUT2D eigenvalue weighted by atomic mass is 127. The molecule has 2 aliphatic heterocycles. The minimum atomic E-state index is 0.778. The second-order valence-electron chi connectivity index (χ2n) is 8.19. The Bertz CT molecular complexity index is 969. The minimum Gasteiger partial charge on any atom is -0.369 e. The summed E-state index contributed by atoms with van der Waals surface area (Å²) in [6.45, 7) is 7.04. The summed E-state index contributed by atoms with van der Waals surface area (Å²) in [6, 6.07) is 9.59. The van der Waals surface area contributed by atoms with Gasteiger partial charge in [-0.1, -0.05) is 12.1 Å². The summed E-state index contributed by atoms with van der Waals surface area (Å²) in [7, 11) is 2.24. The van der Waals surface area contributed by atoms with Crippen LogP contribution in [0, 0.1) is 3.57 Å². The highest BCUT2D eigenvalue weighted by Crippen LogP contribution is 2.26. The van der Waals surface area contributed by atoms with E-state index in [1.165, 1.54) is 44.7 Å². The molecular weight excluding hydrogens is 475 g/mol. The molecule has 2 aromatic heterocycles. The average Bonchev–Trinajstić information content (AvgIpc) is 3.15. The molecule has 4 heterocycles. The standard InChI is InChI=1S/C22H27IN6/c1-27-8-6-18(7-9-27)29-12-10-28(11-13-29)17-4-2-16(3-5-17)20-15-25-22-21(26-20)19(23)14-24-22/h2-5,14-15,18H,6-13H2,1H3,(H,24,25). The van der Waals surface area contributed by atoms with E-state index in [0.29, 0.717) is 0 Å². The van der Waals surface area contributed by atoms with Gasteiger partial charge in [0.05, 0.1) is 15.5 Å². The third-order valence-corrected chi connectivity index (χ3v) is 7.20. The Hall–Kier alpha value is -1.71. The maximum atomic E-state index is 4.79. The van der Waals surface area contributed by atoms with E-state index in [2.05, 4.69) is 78.6 Å². The van der Waals surface area contributed by atoms with Crippen LogP contribution in [0.1, 0.15) is 12.8 Å². The van der Waals surface area contributed by atoms with Gasteiger partial charge in [0.2, 0.25) is 0 Å². The van der Waals surface area contributed by atoms with Crippen LogP contribution in [0.25, 0.3) is 22.4 Å². The van der Waals surface area contributed by atoms with E-state index in [1.807, 2.05) is 12.4 Å². The number of fused-ring (bicyclic) bond motifs is 1. The van der Waals surface area contributed by atoms with Gasteiger partial charge in [0, 0.05) is 49.7 Å². The number of aromatic nitrogens is 3. The summed E-state index contributed by atoms with van der Waals surface area (Å²) in [5.74, 6) is 0. The van der Waals surface area contributed by atoms with Crippen molar-refractivity contribution in [2.45, 2.75) is 18.9 Å². The van der Waals surface area contributed by atoms with Gasteiger partial charge >= 0.3 is 0 Å². The zero-order chi connectivity index (χ0) is 19.8. The van der Waals surface area contributed by atoms with Gasteiger partial charge in [0.15, 0.2) is 5.65 Å². The lowest BCUT2D eigenvalue weighted by Crippen LogP contribution is -2.53. The number of piperazine rings is 1. The predicted octanol–water partition coefficient (Wildman–Crippen LogP) is 3.45. The first-order valence-electron chi connectivity index (χ1n) is 10.4. The number of benzene rings is 1. The van der Waals surface area contributed by atoms with Crippen molar-refractivity contribution in [3.05, 3.63) is 40.2 Å². The van der Waals surface area contributed by atoms with E-state index >= 15 is 0 Å². The van der Waals surface area contributed by atoms with Crippen molar-refractivity contribution in [2.24, 2.45) is 0 Å². The highest BCUT2D eigenvalue weighted by molar-refractivity contribution is 14.1. The molecule has 152 valence electrons. The van der Waals surface area contributed by atoms with Crippen LogP contribution in [-0.2, 0) is 0 Å². The van der Waals surface area contributed by atoms with Gasteiger partial charge in [-0.3, -0.25) is 4.90 Å². The van der Waals surface area contributed by atoms with E-state index in [1.54, 1.807) is 0 Å². The van der Waals surface area contributed by atoms with Crippen LogP contribution in [0.15, 0.2) is 36.7 Å². The van der Waals surface area contributed by atoms with Crippen LogP contribution < -0.4 is 4.90 Å². The first-order chi connectivity index (χ1) is 14.2. The SMILES string of the molecule is CN1CCC(N2CCN(c3ccc(-c4cnc5[nH]cc(I)c5n4)cc3)CC2)CC1. The molecule has 0 amide bonds. The van der Waals surface area contributed by atoms with E-state index in [-0.39, 0.29) is 0 Å². The molecular formula is C22H27IN6. The number of halogens is 1. The molecule has 0 spiro atoms. The van der Waals surface area contributed by atoms with E-state index in [9.17, 15) is 0 Å². The first-order valence-corrected chi connectivity index (χ1v) is 11.5. The molecule has 6 nitrogen and oxygen atoms in total. The molecule has 29 heavy (non-hydrogen) atoms. The molecule has 0 radical (unpaired) electrons. The lowest BCUT2D eigenvalue weighted by molar-refractivity contribution is 0.115.